The van der Waals surface area contributed by atoms with Gasteiger partial charge >= 0.3 is 0 Å². The number of halogens is 1. The smallest absolute Gasteiger partial charge is 0.277 e. The third kappa shape index (κ3) is 4.71. The Morgan fingerprint density at radius 1 is 1.52 bits per heavy atom. The maximum absolute atomic E-state index is 12.2. The van der Waals surface area contributed by atoms with Crippen LogP contribution in [0.3, 0.4) is 0 Å². The zero-order chi connectivity index (χ0) is 16.8. The van der Waals surface area contributed by atoms with Gasteiger partial charge < -0.3 is 9.32 Å². The molecule has 0 bridgehead atoms. The molecule has 1 aromatic heterocycles. The van der Waals surface area contributed by atoms with Crippen molar-refractivity contribution in [1.29, 1.82) is 5.26 Å². The van der Waals surface area contributed by atoms with E-state index in [1.165, 1.54) is 16.7 Å². The first-order valence-corrected chi connectivity index (χ1v) is 8.15. The molecule has 6 nitrogen and oxygen atoms in total. The Hall–Kier alpha value is -2.04. The third-order valence-electron chi connectivity index (χ3n) is 3.04. The van der Waals surface area contributed by atoms with Gasteiger partial charge in [-0.3, -0.25) is 4.79 Å². The van der Waals surface area contributed by atoms with Gasteiger partial charge in [-0.05, 0) is 25.1 Å². The molecule has 0 aliphatic carbocycles. The lowest BCUT2D eigenvalue weighted by atomic mass is 10.2. The molecule has 0 aliphatic rings. The molecule has 0 radical (unpaired) electrons. The first-order chi connectivity index (χ1) is 11.0. The van der Waals surface area contributed by atoms with Gasteiger partial charge in [0.2, 0.25) is 11.8 Å². The molecule has 0 spiro atoms. The van der Waals surface area contributed by atoms with Gasteiger partial charge in [-0.1, -0.05) is 29.4 Å². The van der Waals surface area contributed by atoms with Gasteiger partial charge in [0.05, 0.1) is 17.7 Å². The fourth-order valence-electron chi connectivity index (χ4n) is 1.84. The summed E-state index contributed by atoms with van der Waals surface area (Å²) in [6.45, 7) is 2.16. The van der Waals surface area contributed by atoms with E-state index in [1.54, 1.807) is 32.2 Å². The number of carbonyl (C=O) groups excluding carboxylic acids is 1. The fraction of sp³-hybridized carbons (Fsp3) is 0.333. The van der Waals surface area contributed by atoms with E-state index in [0.29, 0.717) is 29.1 Å². The van der Waals surface area contributed by atoms with Crippen LogP contribution in [0.15, 0.2) is 33.9 Å². The average molecular weight is 351 g/mol. The van der Waals surface area contributed by atoms with Gasteiger partial charge in [-0.2, -0.15) is 5.26 Å². The molecule has 1 heterocycles. The second-order valence-corrected chi connectivity index (χ2v) is 6.54. The van der Waals surface area contributed by atoms with Crippen LogP contribution in [0.1, 0.15) is 13.3 Å². The Kier molecular flexibility index (Phi) is 6.02. The topological polar surface area (TPSA) is 83.0 Å². The Balaban J connectivity index is 2.01. The minimum atomic E-state index is -0.383. The van der Waals surface area contributed by atoms with E-state index in [4.69, 9.17) is 21.3 Å². The molecule has 0 aliphatic heterocycles. The highest BCUT2D eigenvalue weighted by atomic mass is 35.5. The van der Waals surface area contributed by atoms with Gasteiger partial charge in [-0.25, -0.2) is 0 Å². The van der Waals surface area contributed by atoms with E-state index in [2.05, 4.69) is 10.2 Å². The van der Waals surface area contributed by atoms with Crippen LogP contribution >= 0.6 is 23.4 Å². The molecular formula is C15H15ClN4O2S. The summed E-state index contributed by atoms with van der Waals surface area (Å²) >= 11 is 7.12. The second kappa shape index (κ2) is 7.99. The van der Waals surface area contributed by atoms with Crippen molar-refractivity contribution in [2.24, 2.45) is 0 Å². The predicted molar refractivity (Wildman–Crippen MR) is 87.9 cm³/mol. The van der Waals surface area contributed by atoms with Crippen LogP contribution in [0, 0.1) is 11.3 Å². The van der Waals surface area contributed by atoms with Crippen LogP contribution in [-0.2, 0) is 4.79 Å². The van der Waals surface area contributed by atoms with Crippen LogP contribution in [0.5, 0.6) is 0 Å². The highest BCUT2D eigenvalue weighted by Crippen LogP contribution is 2.27. The lowest BCUT2D eigenvalue weighted by Gasteiger charge is -2.18. The highest BCUT2D eigenvalue weighted by molar-refractivity contribution is 8.00. The summed E-state index contributed by atoms with van der Waals surface area (Å²) in [7, 11) is 1.67. The largest absolute Gasteiger partial charge is 0.411 e. The summed E-state index contributed by atoms with van der Waals surface area (Å²) < 4.78 is 5.57. The van der Waals surface area contributed by atoms with Crippen molar-refractivity contribution >= 4 is 29.3 Å². The molecule has 0 unspecified atom stereocenters. The molecule has 1 amide bonds. The van der Waals surface area contributed by atoms with Crippen LogP contribution in [0.25, 0.3) is 11.5 Å². The summed E-state index contributed by atoms with van der Waals surface area (Å²) in [5.74, 6) is 0.264. The van der Waals surface area contributed by atoms with E-state index in [1.807, 2.05) is 12.1 Å². The second-order valence-electron chi connectivity index (χ2n) is 4.81. The quantitative estimate of drug-likeness (QED) is 0.744. The molecule has 2 rings (SSSR count). The third-order valence-corrected chi connectivity index (χ3v) is 4.20. The molecule has 1 aromatic carbocycles. The monoisotopic (exact) mass is 350 g/mol. The van der Waals surface area contributed by atoms with Gasteiger partial charge in [0.1, 0.15) is 0 Å². The standard InChI is InChI=1S/C15H15ClN4O2S/c1-10(14(21)20(2)8-4-7-17)23-15-19-18-13(22-15)11-5-3-6-12(16)9-11/h3,5-6,9-10H,4,8H2,1-2H3/t10-/m1/s1. The summed E-state index contributed by atoms with van der Waals surface area (Å²) in [5.41, 5.74) is 0.724. The number of carbonyl (C=O) groups is 1. The maximum Gasteiger partial charge on any atom is 0.277 e. The minimum absolute atomic E-state index is 0.0900. The molecule has 120 valence electrons. The van der Waals surface area contributed by atoms with Gasteiger partial charge in [0.15, 0.2) is 0 Å². The number of aromatic nitrogens is 2. The predicted octanol–water partition coefficient (Wildman–Crippen LogP) is 3.24. The lowest BCUT2D eigenvalue weighted by molar-refractivity contribution is -0.128. The van der Waals surface area contributed by atoms with Gasteiger partial charge in [0, 0.05) is 24.2 Å². The highest BCUT2D eigenvalue weighted by Gasteiger charge is 2.21. The van der Waals surface area contributed by atoms with Crippen molar-refractivity contribution in [3.63, 3.8) is 0 Å². The Bertz CT molecular complexity index is 728. The van der Waals surface area contributed by atoms with E-state index in [-0.39, 0.29) is 11.2 Å². The molecular weight excluding hydrogens is 336 g/mol. The maximum atomic E-state index is 12.2. The normalized spacial score (nSPS) is 11.7. The Labute approximate surface area is 143 Å². The van der Waals surface area contributed by atoms with Crippen molar-refractivity contribution in [1.82, 2.24) is 15.1 Å². The van der Waals surface area contributed by atoms with Crippen molar-refractivity contribution in [2.75, 3.05) is 13.6 Å². The average Bonchev–Trinajstić information content (AvgIpc) is 3.00. The van der Waals surface area contributed by atoms with E-state index in [9.17, 15) is 4.79 Å². The first-order valence-electron chi connectivity index (χ1n) is 6.89. The SMILES string of the molecule is C[C@@H](Sc1nnc(-c2cccc(Cl)c2)o1)C(=O)N(C)CCC#N. The molecule has 0 saturated heterocycles. The zero-order valence-corrected chi connectivity index (χ0v) is 14.3. The molecule has 0 fully saturated rings. The molecule has 0 N–H and O–H groups in total. The minimum Gasteiger partial charge on any atom is -0.411 e. The fourth-order valence-corrected chi connectivity index (χ4v) is 2.82. The Morgan fingerprint density at radius 2 is 2.30 bits per heavy atom. The molecule has 23 heavy (non-hydrogen) atoms. The van der Waals surface area contributed by atoms with Gasteiger partial charge in [-0.15, -0.1) is 10.2 Å². The van der Waals surface area contributed by atoms with Crippen molar-refractivity contribution in [3.8, 4) is 17.5 Å². The summed E-state index contributed by atoms with van der Waals surface area (Å²) in [6, 6.07) is 9.12. The Morgan fingerprint density at radius 3 is 3.00 bits per heavy atom. The van der Waals surface area contributed by atoms with Crippen molar-refractivity contribution in [2.45, 2.75) is 23.8 Å². The zero-order valence-electron chi connectivity index (χ0n) is 12.7. The number of benzene rings is 1. The molecule has 1 atom stereocenters. The van der Waals surface area contributed by atoms with Crippen LogP contribution in [0.2, 0.25) is 5.02 Å². The van der Waals surface area contributed by atoms with Crippen LogP contribution in [-0.4, -0.2) is 39.8 Å². The number of nitriles is 1. The van der Waals surface area contributed by atoms with Crippen molar-refractivity contribution < 1.29 is 9.21 Å². The van der Waals surface area contributed by atoms with Gasteiger partial charge in [0.25, 0.3) is 5.22 Å². The molecule has 2 aromatic rings. The number of nitrogens with zero attached hydrogens (tertiary/aromatic N) is 4. The number of thioether (sulfide) groups is 1. The van der Waals surface area contributed by atoms with E-state index in [0.717, 1.165) is 5.56 Å². The lowest BCUT2D eigenvalue weighted by Crippen LogP contribution is -2.33. The van der Waals surface area contributed by atoms with Crippen LogP contribution < -0.4 is 0 Å². The summed E-state index contributed by atoms with van der Waals surface area (Å²) in [5, 5.41) is 17.0. The molecule has 0 saturated carbocycles. The number of hydrogen-bond donors (Lipinski definition) is 0. The summed E-state index contributed by atoms with van der Waals surface area (Å²) in [4.78, 5) is 13.7. The van der Waals surface area contributed by atoms with E-state index >= 15 is 0 Å². The van der Waals surface area contributed by atoms with Crippen molar-refractivity contribution in [3.05, 3.63) is 29.3 Å². The first kappa shape index (κ1) is 17.3. The van der Waals surface area contributed by atoms with Crippen LogP contribution in [0.4, 0.5) is 0 Å². The number of amides is 1. The number of rotatable bonds is 6. The number of hydrogen-bond acceptors (Lipinski definition) is 6. The summed E-state index contributed by atoms with van der Waals surface area (Å²) in [6.07, 6.45) is 0.305. The van der Waals surface area contributed by atoms with E-state index < -0.39 is 0 Å². The molecule has 8 heteroatoms.